The van der Waals surface area contributed by atoms with Crippen LogP contribution in [-0.4, -0.2) is 89.5 Å². The molecule has 0 aromatic carbocycles. The fraction of sp³-hybridized carbons (Fsp3) is 1.00. The number of rotatable bonds is 12. The first-order valence-corrected chi connectivity index (χ1v) is 7.93. The van der Waals surface area contributed by atoms with Crippen molar-refractivity contribution in [2.75, 3.05) is 73.4 Å². The van der Waals surface area contributed by atoms with E-state index in [4.69, 9.17) is 14.2 Å². The van der Waals surface area contributed by atoms with Crippen LogP contribution in [0.3, 0.4) is 0 Å². The van der Waals surface area contributed by atoms with Crippen molar-refractivity contribution in [2.24, 2.45) is 5.92 Å². The van der Waals surface area contributed by atoms with Crippen molar-refractivity contribution in [2.45, 2.75) is 18.9 Å². The molecule has 0 saturated carbocycles. The Kier molecular flexibility index (Phi) is 11.0. The van der Waals surface area contributed by atoms with Crippen molar-refractivity contribution >= 4 is 0 Å². The average Bonchev–Trinajstić information content (AvgIpc) is 2.50. The smallest absolute Gasteiger partial charge is 0.0900 e. The summed E-state index contributed by atoms with van der Waals surface area (Å²) in [5, 5.41) is 13.4. The van der Waals surface area contributed by atoms with Crippen molar-refractivity contribution in [1.82, 2.24) is 10.2 Å². The average molecular weight is 304 g/mol. The second-order valence-corrected chi connectivity index (χ2v) is 5.66. The number of methoxy groups -OCH3 is 2. The molecule has 1 atom stereocenters. The van der Waals surface area contributed by atoms with E-state index in [2.05, 4.69) is 10.2 Å². The molecule has 1 saturated heterocycles. The van der Waals surface area contributed by atoms with Crippen molar-refractivity contribution < 1.29 is 19.3 Å². The van der Waals surface area contributed by atoms with Crippen LogP contribution in [-0.2, 0) is 14.2 Å². The molecule has 0 aromatic heterocycles. The first kappa shape index (κ1) is 18.8. The molecule has 0 spiro atoms. The van der Waals surface area contributed by atoms with Crippen LogP contribution >= 0.6 is 0 Å². The number of aliphatic hydroxyl groups excluding tert-OH is 1. The van der Waals surface area contributed by atoms with Crippen LogP contribution in [0, 0.1) is 5.92 Å². The largest absolute Gasteiger partial charge is 0.389 e. The Bertz CT molecular complexity index is 236. The van der Waals surface area contributed by atoms with Crippen molar-refractivity contribution in [1.29, 1.82) is 0 Å². The minimum Gasteiger partial charge on any atom is -0.389 e. The molecule has 0 bridgehead atoms. The zero-order chi connectivity index (χ0) is 15.3. The zero-order valence-corrected chi connectivity index (χ0v) is 13.6. The number of ether oxygens (including phenoxy) is 3. The lowest BCUT2D eigenvalue weighted by atomic mass is 9.96. The molecule has 126 valence electrons. The number of aliphatic hydroxyl groups is 1. The summed E-state index contributed by atoms with van der Waals surface area (Å²) in [7, 11) is 3.37. The molecule has 6 heteroatoms. The maximum Gasteiger partial charge on any atom is 0.0900 e. The van der Waals surface area contributed by atoms with Crippen molar-refractivity contribution in [3.8, 4) is 0 Å². The van der Waals surface area contributed by atoms with E-state index in [0.29, 0.717) is 26.4 Å². The van der Waals surface area contributed by atoms with Crippen LogP contribution in [0.5, 0.6) is 0 Å². The Morgan fingerprint density at radius 2 is 1.86 bits per heavy atom. The van der Waals surface area contributed by atoms with Crippen LogP contribution in [0.15, 0.2) is 0 Å². The third-order valence-corrected chi connectivity index (χ3v) is 3.83. The predicted octanol–water partition coefficient (Wildman–Crippen LogP) is -0.0417. The fourth-order valence-corrected chi connectivity index (χ4v) is 2.57. The molecule has 1 aliphatic rings. The Morgan fingerprint density at radius 3 is 2.52 bits per heavy atom. The Hall–Kier alpha value is -0.240. The molecule has 1 rings (SSSR count). The van der Waals surface area contributed by atoms with Crippen LogP contribution in [0.1, 0.15) is 12.8 Å². The van der Waals surface area contributed by atoms with Crippen molar-refractivity contribution in [3.05, 3.63) is 0 Å². The first-order valence-electron chi connectivity index (χ1n) is 7.93. The van der Waals surface area contributed by atoms with Gasteiger partial charge in [-0.1, -0.05) is 0 Å². The molecule has 0 aromatic rings. The summed E-state index contributed by atoms with van der Waals surface area (Å²) >= 11 is 0. The summed E-state index contributed by atoms with van der Waals surface area (Å²) < 4.78 is 15.3. The standard InChI is InChI=1S/C15H32N2O4/c1-19-8-5-16-11-14-3-6-17(7-4-14)12-15(18)13-21-10-9-20-2/h14-16,18H,3-13H2,1-2H3. The molecule has 21 heavy (non-hydrogen) atoms. The molecule has 1 heterocycles. The van der Waals surface area contributed by atoms with Gasteiger partial charge in [-0.2, -0.15) is 0 Å². The highest BCUT2D eigenvalue weighted by molar-refractivity contribution is 4.75. The van der Waals surface area contributed by atoms with Gasteiger partial charge in [0.05, 0.1) is 32.5 Å². The fourth-order valence-electron chi connectivity index (χ4n) is 2.57. The zero-order valence-electron chi connectivity index (χ0n) is 13.6. The van der Waals surface area contributed by atoms with E-state index in [1.165, 1.54) is 12.8 Å². The summed E-state index contributed by atoms with van der Waals surface area (Å²) in [6.07, 6.45) is 1.98. The summed E-state index contributed by atoms with van der Waals surface area (Å²) in [6.45, 7) is 7.11. The van der Waals surface area contributed by atoms with Gasteiger partial charge in [-0.05, 0) is 38.4 Å². The summed E-state index contributed by atoms with van der Waals surface area (Å²) in [5.74, 6) is 0.744. The summed E-state index contributed by atoms with van der Waals surface area (Å²) in [6, 6.07) is 0. The normalized spacial score (nSPS) is 19.0. The monoisotopic (exact) mass is 304 g/mol. The van der Waals surface area contributed by atoms with E-state index in [9.17, 15) is 5.11 Å². The number of likely N-dealkylation sites (tertiary alicyclic amines) is 1. The lowest BCUT2D eigenvalue weighted by Crippen LogP contribution is -2.42. The number of hydrogen-bond acceptors (Lipinski definition) is 6. The molecule has 6 nitrogen and oxygen atoms in total. The predicted molar refractivity (Wildman–Crippen MR) is 82.6 cm³/mol. The van der Waals surface area contributed by atoms with Gasteiger partial charge in [-0.3, -0.25) is 0 Å². The number of nitrogens with one attached hydrogen (secondary N) is 1. The molecule has 2 N–H and O–H groups in total. The molecular weight excluding hydrogens is 272 g/mol. The second kappa shape index (κ2) is 12.3. The maximum absolute atomic E-state index is 9.93. The second-order valence-electron chi connectivity index (χ2n) is 5.66. The Labute approximate surface area is 128 Å². The lowest BCUT2D eigenvalue weighted by molar-refractivity contribution is -0.00459. The summed E-state index contributed by atoms with van der Waals surface area (Å²) in [5.41, 5.74) is 0. The highest BCUT2D eigenvalue weighted by Crippen LogP contribution is 2.16. The number of β-amino-alcohol motifs (C(OH)–C–C–N with tert-alkyl or cyclic N) is 1. The topological polar surface area (TPSA) is 63.2 Å². The number of hydrogen-bond donors (Lipinski definition) is 2. The van der Waals surface area contributed by atoms with Crippen molar-refractivity contribution in [3.63, 3.8) is 0 Å². The first-order chi connectivity index (χ1) is 10.3. The molecule has 0 radical (unpaired) electrons. The van der Waals surface area contributed by atoms with Gasteiger partial charge in [-0.25, -0.2) is 0 Å². The third kappa shape index (κ3) is 9.39. The molecule has 1 fully saturated rings. The third-order valence-electron chi connectivity index (χ3n) is 3.83. The van der Waals surface area contributed by atoms with Gasteiger partial charge in [-0.15, -0.1) is 0 Å². The molecule has 1 aliphatic heterocycles. The SMILES string of the molecule is COCCNCC1CCN(CC(O)COCCOC)CC1. The Balaban J connectivity index is 2.01. The highest BCUT2D eigenvalue weighted by atomic mass is 16.5. The van der Waals surface area contributed by atoms with Gasteiger partial charge in [0.25, 0.3) is 0 Å². The lowest BCUT2D eigenvalue weighted by Gasteiger charge is -2.33. The minimum absolute atomic E-state index is 0.391. The van der Waals surface area contributed by atoms with E-state index in [1.54, 1.807) is 14.2 Å². The van der Waals surface area contributed by atoms with E-state index in [-0.39, 0.29) is 0 Å². The van der Waals surface area contributed by atoms with Gasteiger partial charge in [0.15, 0.2) is 0 Å². The quantitative estimate of drug-likeness (QED) is 0.493. The number of nitrogens with zero attached hydrogens (tertiary/aromatic N) is 1. The van der Waals surface area contributed by atoms with Crippen LogP contribution < -0.4 is 5.32 Å². The van der Waals surface area contributed by atoms with Crippen LogP contribution in [0.25, 0.3) is 0 Å². The van der Waals surface area contributed by atoms with E-state index >= 15 is 0 Å². The summed E-state index contributed by atoms with van der Waals surface area (Å²) in [4.78, 5) is 2.33. The van der Waals surface area contributed by atoms with Gasteiger partial charge < -0.3 is 29.5 Å². The van der Waals surface area contributed by atoms with Crippen LogP contribution in [0.2, 0.25) is 0 Å². The van der Waals surface area contributed by atoms with Gasteiger partial charge in [0.2, 0.25) is 0 Å². The van der Waals surface area contributed by atoms with Crippen LogP contribution in [0.4, 0.5) is 0 Å². The van der Waals surface area contributed by atoms with Gasteiger partial charge >= 0.3 is 0 Å². The minimum atomic E-state index is -0.404. The van der Waals surface area contributed by atoms with Gasteiger partial charge in [0.1, 0.15) is 0 Å². The highest BCUT2D eigenvalue weighted by Gasteiger charge is 2.20. The molecule has 0 aliphatic carbocycles. The molecule has 1 unspecified atom stereocenters. The Morgan fingerprint density at radius 1 is 1.14 bits per heavy atom. The maximum atomic E-state index is 9.93. The van der Waals surface area contributed by atoms with Gasteiger partial charge in [0, 0.05) is 27.3 Å². The van der Waals surface area contributed by atoms with E-state index in [0.717, 1.165) is 38.7 Å². The van der Waals surface area contributed by atoms with E-state index < -0.39 is 6.10 Å². The molecular formula is C15H32N2O4. The van der Waals surface area contributed by atoms with E-state index in [1.807, 2.05) is 0 Å². The molecule has 0 amide bonds. The number of piperidine rings is 1.